The monoisotopic (exact) mass is 414 g/mol. The normalized spacial score (nSPS) is 21.0. The number of halogens is 2. The number of anilines is 1. The van der Waals surface area contributed by atoms with Gasteiger partial charge in [-0.3, -0.25) is 14.7 Å². The number of fused-ring (bicyclic) bond motifs is 1. The summed E-state index contributed by atoms with van der Waals surface area (Å²) < 4.78 is 27.3. The summed E-state index contributed by atoms with van der Waals surface area (Å²) >= 11 is 0. The fourth-order valence-electron chi connectivity index (χ4n) is 4.41. The Kier molecular flexibility index (Phi) is 5.59. The zero-order valence-corrected chi connectivity index (χ0v) is 17.7. The molecule has 30 heavy (non-hydrogen) atoms. The summed E-state index contributed by atoms with van der Waals surface area (Å²) in [7, 11) is 0. The molecule has 1 aromatic carbocycles. The molecule has 1 fully saturated rings. The van der Waals surface area contributed by atoms with Gasteiger partial charge in [-0.25, -0.2) is 8.78 Å². The summed E-state index contributed by atoms with van der Waals surface area (Å²) in [6, 6.07) is 5.83. The minimum atomic E-state index is -0.598. The van der Waals surface area contributed by atoms with Crippen LogP contribution in [0.1, 0.15) is 37.6 Å². The quantitative estimate of drug-likeness (QED) is 0.836. The van der Waals surface area contributed by atoms with Gasteiger partial charge in [0.05, 0.1) is 12.2 Å². The molecule has 2 aromatic rings. The molecule has 0 saturated carbocycles. The van der Waals surface area contributed by atoms with Crippen molar-refractivity contribution in [3.63, 3.8) is 0 Å². The maximum atomic E-state index is 14.1. The third kappa shape index (κ3) is 4.23. The van der Waals surface area contributed by atoms with Gasteiger partial charge in [0, 0.05) is 67.6 Å². The molecule has 2 aliphatic heterocycles. The Morgan fingerprint density at radius 2 is 2.10 bits per heavy atom. The van der Waals surface area contributed by atoms with Crippen molar-refractivity contribution in [3.05, 3.63) is 58.9 Å². The summed E-state index contributed by atoms with van der Waals surface area (Å²) in [5.74, 6) is -1.11. The van der Waals surface area contributed by atoms with E-state index in [1.807, 2.05) is 11.0 Å². The number of aromatic nitrogens is 1. The molecule has 1 amide bonds. The Bertz CT molecular complexity index is 962. The zero-order valence-electron chi connectivity index (χ0n) is 17.7. The van der Waals surface area contributed by atoms with E-state index >= 15 is 0 Å². The molecule has 7 heteroatoms. The summed E-state index contributed by atoms with van der Waals surface area (Å²) in [6.07, 6.45) is 2.05. The van der Waals surface area contributed by atoms with Crippen molar-refractivity contribution in [1.29, 1.82) is 0 Å². The molecule has 5 nitrogen and oxygen atoms in total. The van der Waals surface area contributed by atoms with Gasteiger partial charge in [-0.05, 0) is 24.6 Å². The highest BCUT2D eigenvalue weighted by Crippen LogP contribution is 2.40. The van der Waals surface area contributed by atoms with Crippen LogP contribution in [0.15, 0.2) is 30.5 Å². The van der Waals surface area contributed by atoms with Crippen LogP contribution in [-0.2, 0) is 16.6 Å². The number of hydrogen-bond donors (Lipinski definition) is 1. The molecule has 4 rings (SSSR count). The Hall–Kier alpha value is -2.38. The van der Waals surface area contributed by atoms with Gasteiger partial charge in [-0.1, -0.05) is 19.9 Å². The van der Waals surface area contributed by atoms with Gasteiger partial charge in [0.1, 0.15) is 11.6 Å². The fourth-order valence-corrected chi connectivity index (χ4v) is 4.41. The van der Waals surface area contributed by atoms with Crippen LogP contribution in [0.5, 0.6) is 0 Å². The summed E-state index contributed by atoms with van der Waals surface area (Å²) in [5, 5.41) is 3.39. The number of rotatable bonds is 4. The van der Waals surface area contributed by atoms with Crippen LogP contribution in [0.2, 0.25) is 0 Å². The lowest BCUT2D eigenvalue weighted by molar-refractivity contribution is -0.120. The highest BCUT2D eigenvalue weighted by molar-refractivity contribution is 5.97. The van der Waals surface area contributed by atoms with Crippen molar-refractivity contribution in [2.75, 3.05) is 37.6 Å². The lowest BCUT2D eigenvalue weighted by Gasteiger charge is -2.32. The van der Waals surface area contributed by atoms with E-state index in [4.69, 9.17) is 0 Å². The predicted molar refractivity (Wildman–Crippen MR) is 113 cm³/mol. The van der Waals surface area contributed by atoms with Crippen molar-refractivity contribution in [1.82, 2.24) is 15.2 Å². The number of piperazine rings is 1. The number of amides is 1. The maximum absolute atomic E-state index is 14.1. The van der Waals surface area contributed by atoms with Crippen molar-refractivity contribution >= 4 is 11.6 Å². The van der Waals surface area contributed by atoms with Crippen molar-refractivity contribution in [3.8, 4) is 0 Å². The smallest absolute Gasteiger partial charge is 0.241 e. The van der Waals surface area contributed by atoms with Crippen LogP contribution >= 0.6 is 0 Å². The van der Waals surface area contributed by atoms with Crippen molar-refractivity contribution < 1.29 is 13.6 Å². The van der Waals surface area contributed by atoms with E-state index in [0.717, 1.165) is 37.0 Å². The van der Waals surface area contributed by atoms with E-state index in [9.17, 15) is 13.6 Å². The van der Waals surface area contributed by atoms with Gasteiger partial charge in [-0.2, -0.15) is 0 Å². The number of nitrogens with one attached hydrogen (secondary N) is 1. The molecule has 1 N–H and O–H groups in total. The average molecular weight is 415 g/mol. The third-order valence-electron chi connectivity index (χ3n) is 6.01. The van der Waals surface area contributed by atoms with Crippen molar-refractivity contribution in [2.45, 2.75) is 38.6 Å². The van der Waals surface area contributed by atoms with Crippen molar-refractivity contribution in [2.24, 2.45) is 0 Å². The van der Waals surface area contributed by atoms with Crippen LogP contribution in [-0.4, -0.2) is 54.6 Å². The van der Waals surface area contributed by atoms with Crippen LogP contribution in [0.3, 0.4) is 0 Å². The van der Waals surface area contributed by atoms with Crippen LogP contribution < -0.4 is 10.2 Å². The van der Waals surface area contributed by atoms with Gasteiger partial charge in [-0.15, -0.1) is 0 Å². The fraction of sp³-hybridized carbons (Fsp3) is 0.478. The highest BCUT2D eigenvalue weighted by atomic mass is 19.1. The number of hydrogen-bond acceptors (Lipinski definition) is 4. The second-order valence-electron chi connectivity index (χ2n) is 9.06. The topological polar surface area (TPSA) is 48.5 Å². The standard InChI is InChI=1S/C23H28F2N4O/c1-15-12-28(7-6-26-15)13-22(30)29-14-23(2,3)19-11-27-18(10-21(19)29)8-16-4-5-17(24)9-20(16)25/h4-5,9-11,15,26H,6-8,12-14H2,1-3H3. The molecule has 160 valence electrons. The van der Waals surface area contributed by atoms with Gasteiger partial charge >= 0.3 is 0 Å². The summed E-state index contributed by atoms with van der Waals surface area (Å²) in [6.45, 7) is 9.89. The number of benzene rings is 1. The van der Waals surface area contributed by atoms with E-state index in [1.54, 1.807) is 6.20 Å². The Morgan fingerprint density at radius 3 is 2.83 bits per heavy atom. The SMILES string of the molecule is CC1CN(CC(=O)N2CC(C)(C)c3cnc(Cc4ccc(F)cc4F)cc32)CCN1. The molecule has 1 unspecified atom stereocenters. The first-order valence-electron chi connectivity index (χ1n) is 10.4. The lowest BCUT2D eigenvalue weighted by Crippen LogP contribution is -2.52. The minimum absolute atomic E-state index is 0.0704. The highest BCUT2D eigenvalue weighted by Gasteiger charge is 2.39. The number of nitrogens with zero attached hydrogens (tertiary/aromatic N) is 3. The largest absolute Gasteiger partial charge is 0.312 e. The molecule has 1 saturated heterocycles. The molecule has 0 bridgehead atoms. The molecule has 0 aliphatic carbocycles. The van der Waals surface area contributed by atoms with Crippen LogP contribution in [0.4, 0.5) is 14.5 Å². The number of carbonyl (C=O) groups is 1. The second kappa shape index (κ2) is 8.04. The number of pyridine rings is 1. The van der Waals surface area contributed by atoms with Gasteiger partial charge < -0.3 is 10.2 Å². The molecular weight excluding hydrogens is 386 g/mol. The molecule has 2 aliphatic rings. The zero-order chi connectivity index (χ0) is 21.5. The first kappa shape index (κ1) is 20.9. The first-order chi connectivity index (χ1) is 14.2. The maximum Gasteiger partial charge on any atom is 0.241 e. The van der Waals surface area contributed by atoms with Crippen LogP contribution in [0.25, 0.3) is 0 Å². The second-order valence-corrected chi connectivity index (χ2v) is 9.06. The molecule has 1 aromatic heterocycles. The molecule has 3 heterocycles. The molecule has 0 spiro atoms. The molecule has 1 atom stereocenters. The minimum Gasteiger partial charge on any atom is -0.312 e. The van der Waals surface area contributed by atoms with E-state index in [1.165, 1.54) is 12.1 Å². The van der Waals surface area contributed by atoms with Gasteiger partial charge in [0.2, 0.25) is 5.91 Å². The van der Waals surface area contributed by atoms with Gasteiger partial charge in [0.15, 0.2) is 0 Å². The van der Waals surface area contributed by atoms with Crippen LogP contribution in [0, 0.1) is 11.6 Å². The van der Waals surface area contributed by atoms with Gasteiger partial charge in [0.25, 0.3) is 0 Å². The molecule has 0 radical (unpaired) electrons. The van der Waals surface area contributed by atoms with E-state index in [0.29, 0.717) is 30.4 Å². The Balaban J connectivity index is 1.57. The average Bonchev–Trinajstić information content (AvgIpc) is 2.95. The van der Waals surface area contributed by atoms with E-state index in [-0.39, 0.29) is 17.7 Å². The summed E-state index contributed by atoms with van der Waals surface area (Å²) in [5.41, 5.74) is 2.71. The lowest BCUT2D eigenvalue weighted by atomic mass is 9.88. The van der Waals surface area contributed by atoms with E-state index in [2.05, 4.69) is 36.0 Å². The van der Waals surface area contributed by atoms with E-state index < -0.39 is 11.6 Å². The molecular formula is C23H28F2N4O. The predicted octanol–water partition coefficient (Wildman–Crippen LogP) is 2.87. The summed E-state index contributed by atoms with van der Waals surface area (Å²) in [4.78, 5) is 21.7. The number of carbonyl (C=O) groups excluding carboxylic acids is 1. The third-order valence-corrected chi connectivity index (χ3v) is 6.01. The Labute approximate surface area is 176 Å². The Morgan fingerprint density at radius 1 is 1.30 bits per heavy atom. The first-order valence-corrected chi connectivity index (χ1v) is 10.4.